The van der Waals surface area contributed by atoms with Gasteiger partial charge in [0, 0.05) is 32.1 Å². The predicted molar refractivity (Wildman–Crippen MR) is 73.4 cm³/mol. The summed E-state index contributed by atoms with van der Waals surface area (Å²) in [5.41, 5.74) is 0. The molecule has 0 amide bonds. The molecule has 1 unspecified atom stereocenters. The van der Waals surface area contributed by atoms with Gasteiger partial charge in [-0.3, -0.25) is 4.90 Å². The Morgan fingerprint density at radius 2 is 2.16 bits per heavy atom. The Morgan fingerprint density at radius 3 is 2.68 bits per heavy atom. The van der Waals surface area contributed by atoms with Gasteiger partial charge in [0.1, 0.15) is 5.82 Å². The highest BCUT2D eigenvalue weighted by Crippen LogP contribution is 2.18. The first-order chi connectivity index (χ1) is 8.98. The molecule has 1 fully saturated rings. The van der Waals surface area contributed by atoms with E-state index in [1.54, 1.807) is 4.31 Å². The van der Waals surface area contributed by atoms with Gasteiger partial charge in [0.15, 0.2) is 5.03 Å². The van der Waals surface area contributed by atoms with Crippen LogP contribution in [-0.4, -0.2) is 59.8 Å². The van der Waals surface area contributed by atoms with E-state index in [9.17, 15) is 8.42 Å². The van der Waals surface area contributed by atoms with E-state index in [1.807, 2.05) is 6.92 Å². The molecular formula is C12H22N4O2S. The highest BCUT2D eigenvalue weighted by Gasteiger charge is 2.32. The maximum Gasteiger partial charge on any atom is 0.260 e. The van der Waals surface area contributed by atoms with Crippen molar-refractivity contribution in [1.29, 1.82) is 0 Å². The van der Waals surface area contributed by atoms with Crippen LogP contribution in [0.5, 0.6) is 0 Å². The Morgan fingerprint density at radius 1 is 1.42 bits per heavy atom. The van der Waals surface area contributed by atoms with Gasteiger partial charge in [-0.1, -0.05) is 13.8 Å². The van der Waals surface area contributed by atoms with E-state index in [-0.39, 0.29) is 11.1 Å². The fourth-order valence-electron chi connectivity index (χ4n) is 2.44. The van der Waals surface area contributed by atoms with Gasteiger partial charge in [-0.15, -0.1) is 0 Å². The van der Waals surface area contributed by atoms with Crippen LogP contribution in [0.1, 0.15) is 26.6 Å². The number of piperazine rings is 1. The zero-order valence-corrected chi connectivity index (χ0v) is 12.6. The summed E-state index contributed by atoms with van der Waals surface area (Å²) in [7, 11) is -3.43. The number of rotatable bonds is 4. The van der Waals surface area contributed by atoms with Crippen LogP contribution in [0.2, 0.25) is 0 Å². The van der Waals surface area contributed by atoms with E-state index in [1.165, 1.54) is 6.20 Å². The Bertz CT molecular complexity index is 526. The lowest BCUT2D eigenvalue weighted by Gasteiger charge is -2.38. The molecule has 0 radical (unpaired) electrons. The van der Waals surface area contributed by atoms with E-state index in [0.717, 1.165) is 13.1 Å². The number of sulfonamides is 1. The van der Waals surface area contributed by atoms with Gasteiger partial charge in [-0.05, 0) is 13.5 Å². The van der Waals surface area contributed by atoms with E-state index in [0.29, 0.717) is 25.3 Å². The third kappa shape index (κ3) is 2.82. The van der Waals surface area contributed by atoms with Gasteiger partial charge in [0.2, 0.25) is 0 Å². The SMILES string of the molecule is CCc1ncc(S(=O)(=O)N2CCN(CC)C(C)C2)[nH]1. The summed E-state index contributed by atoms with van der Waals surface area (Å²) < 4.78 is 26.5. The molecule has 0 aromatic carbocycles. The van der Waals surface area contributed by atoms with Crippen molar-refractivity contribution in [2.75, 3.05) is 26.2 Å². The fourth-order valence-corrected chi connectivity index (χ4v) is 3.89. The van der Waals surface area contributed by atoms with Gasteiger partial charge in [0.05, 0.1) is 6.20 Å². The molecule has 7 heteroatoms. The lowest BCUT2D eigenvalue weighted by molar-refractivity contribution is 0.135. The molecule has 1 aliphatic rings. The van der Waals surface area contributed by atoms with Crippen molar-refractivity contribution in [2.45, 2.75) is 38.3 Å². The number of likely N-dealkylation sites (N-methyl/N-ethyl adjacent to an activating group) is 1. The van der Waals surface area contributed by atoms with E-state index < -0.39 is 10.0 Å². The number of H-pyrrole nitrogens is 1. The van der Waals surface area contributed by atoms with Crippen LogP contribution in [-0.2, 0) is 16.4 Å². The number of nitrogens with zero attached hydrogens (tertiary/aromatic N) is 3. The molecule has 2 heterocycles. The van der Waals surface area contributed by atoms with Crippen molar-refractivity contribution in [3.63, 3.8) is 0 Å². The van der Waals surface area contributed by atoms with Crippen LogP contribution >= 0.6 is 0 Å². The second-order valence-corrected chi connectivity index (χ2v) is 6.79. The van der Waals surface area contributed by atoms with Gasteiger partial charge < -0.3 is 4.98 Å². The van der Waals surface area contributed by atoms with E-state index >= 15 is 0 Å². The summed E-state index contributed by atoms with van der Waals surface area (Å²) in [5, 5.41) is 0.210. The van der Waals surface area contributed by atoms with Crippen molar-refractivity contribution >= 4 is 10.0 Å². The first-order valence-electron chi connectivity index (χ1n) is 6.77. The summed E-state index contributed by atoms with van der Waals surface area (Å²) in [6, 6.07) is 0.252. The van der Waals surface area contributed by atoms with Crippen LogP contribution in [0.25, 0.3) is 0 Å². The first-order valence-corrected chi connectivity index (χ1v) is 8.21. The van der Waals surface area contributed by atoms with Crippen LogP contribution in [0.4, 0.5) is 0 Å². The Balaban J connectivity index is 2.17. The number of imidazole rings is 1. The summed E-state index contributed by atoms with van der Waals surface area (Å²) in [6.45, 7) is 8.93. The minimum absolute atomic E-state index is 0.210. The molecule has 0 bridgehead atoms. The molecule has 0 saturated carbocycles. The molecular weight excluding hydrogens is 264 g/mol. The molecule has 1 atom stereocenters. The second kappa shape index (κ2) is 5.60. The molecule has 1 N–H and O–H groups in total. The number of nitrogens with one attached hydrogen (secondary N) is 1. The molecule has 2 rings (SSSR count). The summed E-state index contributed by atoms with van der Waals surface area (Å²) in [6.07, 6.45) is 2.13. The maximum absolute atomic E-state index is 12.5. The third-order valence-corrected chi connectivity index (χ3v) is 5.47. The lowest BCUT2D eigenvalue weighted by atomic mass is 10.2. The number of aryl methyl sites for hydroxylation is 1. The molecule has 0 aliphatic carbocycles. The van der Waals surface area contributed by atoms with E-state index in [2.05, 4.69) is 28.7 Å². The Hall–Kier alpha value is -0.920. The number of hydrogen-bond acceptors (Lipinski definition) is 4. The van der Waals surface area contributed by atoms with Crippen LogP contribution in [0.3, 0.4) is 0 Å². The minimum atomic E-state index is -3.43. The van der Waals surface area contributed by atoms with Gasteiger partial charge in [-0.2, -0.15) is 4.31 Å². The number of aromatic amines is 1. The van der Waals surface area contributed by atoms with E-state index in [4.69, 9.17) is 0 Å². The molecule has 1 saturated heterocycles. The maximum atomic E-state index is 12.5. The molecule has 1 aliphatic heterocycles. The first kappa shape index (κ1) is 14.5. The molecule has 1 aromatic rings. The normalized spacial score (nSPS) is 22.8. The molecule has 0 spiro atoms. The lowest BCUT2D eigenvalue weighted by Crippen LogP contribution is -2.53. The molecule has 108 valence electrons. The van der Waals surface area contributed by atoms with Gasteiger partial charge in [0.25, 0.3) is 10.0 Å². The minimum Gasteiger partial charge on any atom is -0.332 e. The average molecular weight is 286 g/mol. The summed E-state index contributed by atoms with van der Waals surface area (Å²) in [5.74, 6) is 0.707. The Kier molecular flexibility index (Phi) is 4.27. The summed E-state index contributed by atoms with van der Waals surface area (Å²) >= 11 is 0. The van der Waals surface area contributed by atoms with Crippen molar-refractivity contribution in [3.8, 4) is 0 Å². The average Bonchev–Trinajstić information content (AvgIpc) is 2.88. The van der Waals surface area contributed by atoms with Crippen LogP contribution in [0, 0.1) is 0 Å². The molecule has 6 nitrogen and oxygen atoms in total. The zero-order valence-electron chi connectivity index (χ0n) is 11.8. The predicted octanol–water partition coefficient (Wildman–Crippen LogP) is 0.687. The van der Waals surface area contributed by atoms with Gasteiger partial charge in [-0.25, -0.2) is 13.4 Å². The largest absolute Gasteiger partial charge is 0.332 e. The molecule has 19 heavy (non-hydrogen) atoms. The molecule has 1 aromatic heterocycles. The van der Waals surface area contributed by atoms with Crippen LogP contribution in [0.15, 0.2) is 11.2 Å². The smallest absolute Gasteiger partial charge is 0.260 e. The van der Waals surface area contributed by atoms with Crippen molar-refractivity contribution in [3.05, 3.63) is 12.0 Å². The summed E-state index contributed by atoms with van der Waals surface area (Å²) in [4.78, 5) is 9.25. The third-order valence-electron chi connectivity index (χ3n) is 3.69. The Labute approximate surface area is 114 Å². The fraction of sp³-hybridized carbons (Fsp3) is 0.750. The number of hydrogen-bond donors (Lipinski definition) is 1. The van der Waals surface area contributed by atoms with Crippen LogP contribution < -0.4 is 0 Å². The topological polar surface area (TPSA) is 69.3 Å². The monoisotopic (exact) mass is 286 g/mol. The zero-order chi connectivity index (χ0) is 14.0. The highest BCUT2D eigenvalue weighted by molar-refractivity contribution is 7.89. The number of aromatic nitrogens is 2. The second-order valence-electron chi connectivity index (χ2n) is 4.89. The quantitative estimate of drug-likeness (QED) is 0.884. The van der Waals surface area contributed by atoms with Crippen molar-refractivity contribution in [1.82, 2.24) is 19.2 Å². The van der Waals surface area contributed by atoms with Gasteiger partial charge >= 0.3 is 0 Å². The standard InChI is InChI=1S/C12H22N4O2S/c1-4-11-13-8-12(14-11)19(17,18)16-7-6-15(5-2)10(3)9-16/h8,10H,4-7,9H2,1-3H3,(H,13,14). The van der Waals surface area contributed by atoms with Crippen molar-refractivity contribution < 1.29 is 8.42 Å². The van der Waals surface area contributed by atoms with Crippen molar-refractivity contribution in [2.24, 2.45) is 0 Å². The highest BCUT2D eigenvalue weighted by atomic mass is 32.2.